The molecule has 0 aromatic carbocycles. The number of pyridine rings is 2. The van der Waals surface area contributed by atoms with Crippen LogP contribution in [0, 0.1) is 0 Å². The first-order valence-electron chi connectivity index (χ1n) is 4.97. The molecule has 2 aromatic heterocycles. The molecule has 0 fully saturated rings. The molecular weight excluding hydrogens is 291 g/mol. The number of aromatic nitrogens is 2. The average molecular weight is 299 g/mol. The van der Waals surface area contributed by atoms with Gasteiger partial charge in [0.25, 0.3) is 0 Å². The number of carboxylic acids is 2. The van der Waals surface area contributed by atoms with Crippen molar-refractivity contribution in [3.05, 3.63) is 47.8 Å². The van der Waals surface area contributed by atoms with Crippen LogP contribution in [0.2, 0.25) is 0 Å². The van der Waals surface area contributed by atoms with Crippen molar-refractivity contribution in [2.75, 3.05) is 0 Å². The molecule has 0 aliphatic rings. The smallest absolute Gasteiger partial charge is 0.335 e. The molecule has 2 aromatic rings. The molecule has 0 aliphatic heterocycles. The number of hydrogen-bond donors (Lipinski definition) is 2. The molecule has 6 nitrogen and oxygen atoms in total. The maximum Gasteiger partial charge on any atom is 0.335 e. The zero-order chi connectivity index (χ0) is 13.1. The van der Waals surface area contributed by atoms with Crippen LogP contribution in [0.3, 0.4) is 0 Å². The van der Waals surface area contributed by atoms with E-state index in [2.05, 4.69) is 9.97 Å². The predicted octanol–water partition coefficient (Wildman–Crippen LogP) is 1.54. The second-order valence-corrected chi connectivity index (χ2v) is 3.47. The molecule has 0 unspecified atom stereocenters. The number of nitrogens with zero attached hydrogens (tertiary/aromatic N) is 2. The number of hydrogen-bond acceptors (Lipinski definition) is 4. The van der Waals surface area contributed by atoms with Crippen LogP contribution in [-0.2, 0) is 17.1 Å². The molecular formula is C12H8MnN2O4. The Hall–Kier alpha value is -2.24. The van der Waals surface area contributed by atoms with Crippen LogP contribution in [0.5, 0.6) is 0 Å². The molecule has 0 atom stereocenters. The van der Waals surface area contributed by atoms with Crippen molar-refractivity contribution in [1.29, 1.82) is 0 Å². The van der Waals surface area contributed by atoms with E-state index in [0.29, 0.717) is 11.4 Å². The summed E-state index contributed by atoms with van der Waals surface area (Å²) in [6, 6.07) is 5.40. The van der Waals surface area contributed by atoms with Crippen molar-refractivity contribution in [1.82, 2.24) is 9.97 Å². The van der Waals surface area contributed by atoms with Gasteiger partial charge in [-0.3, -0.25) is 9.97 Å². The fourth-order valence-corrected chi connectivity index (χ4v) is 1.41. The van der Waals surface area contributed by atoms with Crippen molar-refractivity contribution in [2.24, 2.45) is 0 Å². The molecule has 1 radical (unpaired) electrons. The largest absolute Gasteiger partial charge is 0.478 e. The second-order valence-electron chi connectivity index (χ2n) is 3.47. The Bertz CT molecular complexity index is 575. The summed E-state index contributed by atoms with van der Waals surface area (Å²) in [4.78, 5) is 29.6. The molecule has 2 N–H and O–H groups in total. The van der Waals surface area contributed by atoms with Crippen LogP contribution in [0.25, 0.3) is 11.4 Å². The summed E-state index contributed by atoms with van der Waals surface area (Å²) in [5.41, 5.74) is 0.779. The van der Waals surface area contributed by atoms with E-state index in [4.69, 9.17) is 10.2 Å². The van der Waals surface area contributed by atoms with Crippen LogP contribution < -0.4 is 0 Å². The normalized spacial score (nSPS) is 9.47. The van der Waals surface area contributed by atoms with Crippen LogP contribution in [0.15, 0.2) is 36.7 Å². The Labute approximate surface area is 118 Å². The molecule has 0 saturated heterocycles. The second kappa shape index (κ2) is 6.08. The number of rotatable bonds is 3. The average Bonchev–Trinajstić information content (AvgIpc) is 2.39. The van der Waals surface area contributed by atoms with E-state index in [1.54, 1.807) is 0 Å². The Kier molecular flexibility index (Phi) is 4.74. The Morgan fingerprint density at radius 1 is 0.842 bits per heavy atom. The first kappa shape index (κ1) is 14.8. The third kappa shape index (κ3) is 3.37. The van der Waals surface area contributed by atoms with Gasteiger partial charge in [0.2, 0.25) is 0 Å². The fourth-order valence-electron chi connectivity index (χ4n) is 1.41. The number of carbonyl (C=O) groups is 2. The molecule has 19 heavy (non-hydrogen) atoms. The van der Waals surface area contributed by atoms with Crippen LogP contribution >= 0.6 is 0 Å². The van der Waals surface area contributed by atoms with Gasteiger partial charge < -0.3 is 10.2 Å². The standard InChI is InChI=1S/C12H8N2O4.Mn/c15-11(16)7-1-3-13-9(5-7)10-6-8(12(17)18)2-4-14-10;/h1-6H,(H,15,16)(H,17,18);. The summed E-state index contributed by atoms with van der Waals surface area (Å²) >= 11 is 0. The minimum absolute atomic E-state index is 0. The van der Waals surface area contributed by atoms with Gasteiger partial charge in [-0.25, -0.2) is 9.59 Å². The molecule has 0 bridgehead atoms. The van der Waals surface area contributed by atoms with Crippen molar-refractivity contribution < 1.29 is 36.9 Å². The van der Waals surface area contributed by atoms with Gasteiger partial charge in [0.05, 0.1) is 22.5 Å². The Morgan fingerprint density at radius 2 is 1.21 bits per heavy atom. The number of aromatic carboxylic acids is 2. The number of carboxylic acid groups (broad SMARTS) is 2. The quantitative estimate of drug-likeness (QED) is 0.834. The van der Waals surface area contributed by atoms with Gasteiger partial charge in [0.15, 0.2) is 0 Å². The zero-order valence-electron chi connectivity index (χ0n) is 9.45. The van der Waals surface area contributed by atoms with Crippen molar-refractivity contribution in [3.63, 3.8) is 0 Å². The van der Waals surface area contributed by atoms with Crippen LogP contribution in [0.1, 0.15) is 20.7 Å². The van der Waals surface area contributed by atoms with Crippen LogP contribution in [-0.4, -0.2) is 32.1 Å². The van der Waals surface area contributed by atoms with Crippen molar-refractivity contribution >= 4 is 11.9 Å². The Morgan fingerprint density at radius 3 is 1.53 bits per heavy atom. The summed E-state index contributed by atoms with van der Waals surface area (Å²) in [5, 5.41) is 17.7. The van der Waals surface area contributed by atoms with Gasteiger partial charge in [0.1, 0.15) is 0 Å². The molecule has 0 spiro atoms. The van der Waals surface area contributed by atoms with Gasteiger partial charge >= 0.3 is 11.9 Å². The third-order valence-corrected chi connectivity index (χ3v) is 2.28. The third-order valence-electron chi connectivity index (χ3n) is 2.28. The minimum atomic E-state index is -1.08. The van der Waals surface area contributed by atoms with E-state index in [9.17, 15) is 9.59 Å². The topological polar surface area (TPSA) is 100 Å². The molecule has 97 valence electrons. The van der Waals surface area contributed by atoms with Gasteiger partial charge in [-0.1, -0.05) is 0 Å². The van der Waals surface area contributed by atoms with E-state index in [1.165, 1.54) is 36.7 Å². The first-order chi connectivity index (χ1) is 8.58. The van der Waals surface area contributed by atoms with E-state index in [-0.39, 0.29) is 28.2 Å². The first-order valence-corrected chi connectivity index (χ1v) is 4.97. The molecule has 7 heteroatoms. The van der Waals surface area contributed by atoms with E-state index < -0.39 is 11.9 Å². The summed E-state index contributed by atoms with van der Waals surface area (Å²) in [5.74, 6) is -2.15. The van der Waals surface area contributed by atoms with E-state index in [1.807, 2.05) is 0 Å². The summed E-state index contributed by atoms with van der Waals surface area (Å²) < 4.78 is 0. The summed E-state index contributed by atoms with van der Waals surface area (Å²) in [6.07, 6.45) is 2.68. The summed E-state index contributed by atoms with van der Waals surface area (Å²) in [6.45, 7) is 0. The van der Waals surface area contributed by atoms with E-state index in [0.717, 1.165) is 0 Å². The van der Waals surface area contributed by atoms with Crippen LogP contribution in [0.4, 0.5) is 0 Å². The Balaban J connectivity index is 0.00000180. The maximum absolute atomic E-state index is 10.8. The van der Waals surface area contributed by atoms with Gasteiger partial charge in [-0.05, 0) is 24.3 Å². The maximum atomic E-state index is 10.8. The predicted molar refractivity (Wildman–Crippen MR) is 61.4 cm³/mol. The van der Waals surface area contributed by atoms with Crippen molar-refractivity contribution in [3.8, 4) is 11.4 Å². The summed E-state index contributed by atoms with van der Waals surface area (Å²) in [7, 11) is 0. The van der Waals surface area contributed by atoms with Gasteiger partial charge in [0, 0.05) is 29.5 Å². The molecule has 0 aliphatic carbocycles. The van der Waals surface area contributed by atoms with Gasteiger partial charge in [-0.2, -0.15) is 0 Å². The monoisotopic (exact) mass is 299 g/mol. The minimum Gasteiger partial charge on any atom is -0.478 e. The molecule has 0 saturated carbocycles. The molecule has 2 heterocycles. The SMILES string of the molecule is O=C(O)c1ccnc(-c2cc(C(=O)O)ccn2)c1.[Mn]. The molecule has 0 amide bonds. The fraction of sp³-hybridized carbons (Fsp3) is 0. The van der Waals surface area contributed by atoms with E-state index >= 15 is 0 Å². The zero-order valence-corrected chi connectivity index (χ0v) is 10.6. The van der Waals surface area contributed by atoms with Gasteiger partial charge in [-0.15, -0.1) is 0 Å². The van der Waals surface area contributed by atoms with Crippen molar-refractivity contribution in [2.45, 2.75) is 0 Å². The molecule has 2 rings (SSSR count).